The first-order valence-corrected chi connectivity index (χ1v) is 12.0. The number of thioether (sulfide) groups is 1. The summed E-state index contributed by atoms with van der Waals surface area (Å²) in [6.45, 7) is 3.46. The fraction of sp³-hybridized carbons (Fsp3) is 0.522. The van der Waals surface area contributed by atoms with Gasteiger partial charge in [-0.2, -0.15) is 0 Å². The first kappa shape index (κ1) is 23.6. The summed E-state index contributed by atoms with van der Waals surface area (Å²) in [7, 11) is 3.16. The van der Waals surface area contributed by atoms with Gasteiger partial charge in [-0.25, -0.2) is 0 Å². The summed E-state index contributed by atoms with van der Waals surface area (Å²) in [4.78, 5) is 29.8. The molecule has 0 aliphatic carbocycles. The van der Waals surface area contributed by atoms with Gasteiger partial charge in [-0.3, -0.25) is 14.5 Å². The Morgan fingerprint density at radius 1 is 1.26 bits per heavy atom. The maximum atomic E-state index is 12.9. The molecule has 0 saturated carbocycles. The molecule has 0 spiro atoms. The molecule has 2 heterocycles. The summed E-state index contributed by atoms with van der Waals surface area (Å²) in [6.07, 6.45) is 7.25. The lowest BCUT2D eigenvalue weighted by Gasteiger charge is -2.35. The first-order valence-electron chi connectivity index (χ1n) is 10.7. The van der Waals surface area contributed by atoms with E-state index >= 15 is 0 Å². The zero-order chi connectivity index (χ0) is 22.4. The number of amides is 2. The standard InChI is InChI=1S/C23H30N2O4S2/c1-4-17-8-5-6-12-24(17)21(26)9-7-13-25-22(27)20(31-23(25)30)15-16-10-11-18(28-2)19(14-16)29-3/h10-11,14-15,17H,4-9,12-13H2,1-3H3. The molecule has 168 valence electrons. The molecule has 2 fully saturated rings. The van der Waals surface area contributed by atoms with E-state index in [1.807, 2.05) is 23.1 Å². The average molecular weight is 463 g/mol. The first-order chi connectivity index (χ1) is 15.0. The molecule has 1 aromatic carbocycles. The lowest BCUT2D eigenvalue weighted by atomic mass is 9.99. The quantitative estimate of drug-likeness (QED) is 0.419. The number of hydrogen-bond acceptors (Lipinski definition) is 6. The second-order valence-corrected chi connectivity index (χ2v) is 9.37. The minimum Gasteiger partial charge on any atom is -0.493 e. The van der Waals surface area contributed by atoms with Crippen molar-refractivity contribution in [2.24, 2.45) is 0 Å². The Bertz CT molecular complexity index is 871. The maximum Gasteiger partial charge on any atom is 0.266 e. The van der Waals surface area contributed by atoms with E-state index in [2.05, 4.69) is 6.92 Å². The highest BCUT2D eigenvalue weighted by Crippen LogP contribution is 2.35. The molecule has 6 nitrogen and oxygen atoms in total. The SMILES string of the molecule is CCC1CCCCN1C(=O)CCCN1C(=O)C(=Cc2ccc(OC)c(OC)c2)SC1=S. The molecule has 0 bridgehead atoms. The second kappa shape index (κ2) is 11.0. The minimum atomic E-state index is -0.110. The Morgan fingerprint density at radius 3 is 2.74 bits per heavy atom. The van der Waals surface area contributed by atoms with E-state index in [0.717, 1.165) is 31.4 Å². The van der Waals surface area contributed by atoms with Crippen LogP contribution in [0.4, 0.5) is 0 Å². The van der Waals surface area contributed by atoms with Gasteiger partial charge in [0.05, 0.1) is 19.1 Å². The zero-order valence-corrected chi connectivity index (χ0v) is 20.0. The molecule has 1 aromatic rings. The van der Waals surface area contributed by atoms with Gasteiger partial charge in [-0.1, -0.05) is 37.0 Å². The number of piperidine rings is 1. The smallest absolute Gasteiger partial charge is 0.266 e. The van der Waals surface area contributed by atoms with Crippen LogP contribution in [0.1, 0.15) is 51.0 Å². The largest absolute Gasteiger partial charge is 0.493 e. The van der Waals surface area contributed by atoms with Gasteiger partial charge in [-0.15, -0.1) is 0 Å². The van der Waals surface area contributed by atoms with Crippen LogP contribution in [-0.4, -0.2) is 59.3 Å². The Morgan fingerprint density at radius 2 is 2.03 bits per heavy atom. The monoisotopic (exact) mass is 462 g/mol. The van der Waals surface area contributed by atoms with Crippen LogP contribution in [0.25, 0.3) is 6.08 Å². The van der Waals surface area contributed by atoms with Gasteiger partial charge >= 0.3 is 0 Å². The van der Waals surface area contributed by atoms with Gasteiger partial charge in [0.25, 0.3) is 5.91 Å². The molecular formula is C23H30N2O4S2. The van der Waals surface area contributed by atoms with E-state index in [9.17, 15) is 9.59 Å². The Hall–Kier alpha value is -2.06. The number of nitrogens with zero attached hydrogens (tertiary/aromatic N) is 2. The van der Waals surface area contributed by atoms with Gasteiger partial charge in [-0.05, 0) is 55.9 Å². The fourth-order valence-corrected chi connectivity index (χ4v) is 5.38. The highest BCUT2D eigenvalue weighted by Gasteiger charge is 2.32. The molecule has 3 rings (SSSR count). The Labute approximate surface area is 193 Å². The molecule has 31 heavy (non-hydrogen) atoms. The Kier molecular flexibility index (Phi) is 8.37. The molecule has 2 aliphatic heterocycles. The Balaban J connectivity index is 1.59. The van der Waals surface area contributed by atoms with E-state index in [1.54, 1.807) is 25.2 Å². The molecule has 2 saturated heterocycles. The zero-order valence-electron chi connectivity index (χ0n) is 18.4. The summed E-state index contributed by atoms with van der Waals surface area (Å²) in [5, 5.41) is 0. The third-order valence-electron chi connectivity index (χ3n) is 5.77. The average Bonchev–Trinajstić information content (AvgIpc) is 3.06. The van der Waals surface area contributed by atoms with Crippen LogP contribution in [0.15, 0.2) is 23.1 Å². The predicted octanol–water partition coefficient (Wildman–Crippen LogP) is 4.48. The third-order valence-corrected chi connectivity index (χ3v) is 7.15. The van der Waals surface area contributed by atoms with Gasteiger partial charge in [0, 0.05) is 25.6 Å². The maximum absolute atomic E-state index is 12.9. The number of carbonyl (C=O) groups excluding carboxylic acids is 2. The van der Waals surface area contributed by atoms with Crippen molar-refractivity contribution in [2.45, 2.75) is 51.5 Å². The lowest BCUT2D eigenvalue weighted by Crippen LogP contribution is -2.43. The third kappa shape index (κ3) is 5.60. The van der Waals surface area contributed by atoms with Gasteiger partial charge < -0.3 is 14.4 Å². The van der Waals surface area contributed by atoms with Crippen molar-refractivity contribution in [3.63, 3.8) is 0 Å². The predicted molar refractivity (Wildman–Crippen MR) is 128 cm³/mol. The molecule has 0 N–H and O–H groups in total. The molecule has 0 radical (unpaired) electrons. The van der Waals surface area contributed by atoms with Crippen LogP contribution in [0.5, 0.6) is 11.5 Å². The number of methoxy groups -OCH3 is 2. The van der Waals surface area contributed by atoms with Crippen LogP contribution in [0.2, 0.25) is 0 Å². The summed E-state index contributed by atoms with van der Waals surface area (Å²) in [5.74, 6) is 1.32. The topological polar surface area (TPSA) is 59.1 Å². The van der Waals surface area contributed by atoms with Gasteiger partial charge in [0.1, 0.15) is 4.32 Å². The highest BCUT2D eigenvalue weighted by atomic mass is 32.2. The summed E-state index contributed by atoms with van der Waals surface area (Å²) in [5.41, 5.74) is 0.837. The lowest BCUT2D eigenvalue weighted by molar-refractivity contribution is -0.135. The number of thiocarbonyl (C=S) groups is 1. The van der Waals surface area contributed by atoms with Crippen molar-refractivity contribution in [3.05, 3.63) is 28.7 Å². The van der Waals surface area contributed by atoms with Crippen molar-refractivity contribution in [3.8, 4) is 11.5 Å². The van der Waals surface area contributed by atoms with E-state index in [-0.39, 0.29) is 11.8 Å². The molecule has 0 aromatic heterocycles. The van der Waals surface area contributed by atoms with Crippen molar-refractivity contribution in [2.75, 3.05) is 27.3 Å². The molecule has 1 unspecified atom stereocenters. The highest BCUT2D eigenvalue weighted by molar-refractivity contribution is 8.26. The summed E-state index contributed by atoms with van der Waals surface area (Å²) >= 11 is 6.72. The van der Waals surface area contributed by atoms with Crippen LogP contribution < -0.4 is 9.47 Å². The number of carbonyl (C=O) groups is 2. The van der Waals surface area contributed by atoms with Gasteiger partial charge in [0.15, 0.2) is 11.5 Å². The molecule has 8 heteroatoms. The number of ether oxygens (including phenoxy) is 2. The number of rotatable bonds is 8. The van der Waals surface area contributed by atoms with Crippen molar-refractivity contribution >= 4 is 46.2 Å². The number of hydrogen-bond donors (Lipinski definition) is 0. The van der Waals surface area contributed by atoms with Gasteiger partial charge in [0.2, 0.25) is 5.91 Å². The summed E-state index contributed by atoms with van der Waals surface area (Å²) < 4.78 is 11.1. The summed E-state index contributed by atoms with van der Waals surface area (Å²) in [6, 6.07) is 5.87. The fourth-order valence-electron chi connectivity index (χ4n) is 4.07. The molecule has 2 aliphatic rings. The van der Waals surface area contributed by atoms with Crippen LogP contribution in [-0.2, 0) is 9.59 Å². The van der Waals surface area contributed by atoms with Crippen LogP contribution >= 0.6 is 24.0 Å². The second-order valence-electron chi connectivity index (χ2n) is 7.70. The minimum absolute atomic E-state index is 0.110. The van der Waals surface area contributed by atoms with Crippen LogP contribution in [0, 0.1) is 0 Å². The van der Waals surface area contributed by atoms with Crippen molar-refractivity contribution < 1.29 is 19.1 Å². The van der Waals surface area contributed by atoms with Crippen molar-refractivity contribution in [1.82, 2.24) is 9.80 Å². The van der Waals surface area contributed by atoms with Crippen molar-refractivity contribution in [1.29, 1.82) is 0 Å². The molecule has 2 amide bonds. The normalized spacial score (nSPS) is 20.5. The van der Waals surface area contributed by atoms with E-state index in [1.165, 1.54) is 18.2 Å². The van der Waals surface area contributed by atoms with E-state index in [0.29, 0.717) is 46.2 Å². The number of benzene rings is 1. The van der Waals surface area contributed by atoms with E-state index in [4.69, 9.17) is 21.7 Å². The molecule has 1 atom stereocenters. The molecular weight excluding hydrogens is 432 g/mol. The number of likely N-dealkylation sites (tertiary alicyclic amines) is 1. The van der Waals surface area contributed by atoms with Crippen LogP contribution in [0.3, 0.4) is 0 Å². The van der Waals surface area contributed by atoms with E-state index < -0.39 is 0 Å².